The monoisotopic (exact) mass is 307 g/mol. The highest BCUT2D eigenvalue weighted by Crippen LogP contribution is 2.25. The standard InChI is InChI=1S/C18H17N3O2/c22-18(13-5-6-16-12(11-13)8-10-23-16)19-9-7-17-20-14-3-1-2-4-15(14)21-17/h1-6,11H,7-10H2,(H,19,22)(H,20,21). The van der Waals surface area contributed by atoms with E-state index in [1.54, 1.807) is 6.07 Å². The Morgan fingerprint density at radius 1 is 1.26 bits per heavy atom. The number of hydrogen-bond acceptors (Lipinski definition) is 3. The normalized spacial score (nSPS) is 12.9. The van der Waals surface area contributed by atoms with E-state index in [2.05, 4.69) is 15.3 Å². The minimum absolute atomic E-state index is 0.0594. The molecule has 1 aliphatic heterocycles. The fourth-order valence-corrected chi connectivity index (χ4v) is 2.85. The molecule has 5 nitrogen and oxygen atoms in total. The molecule has 0 unspecified atom stereocenters. The highest BCUT2D eigenvalue weighted by molar-refractivity contribution is 5.94. The summed E-state index contributed by atoms with van der Waals surface area (Å²) in [6.07, 6.45) is 1.55. The number of ether oxygens (including phenoxy) is 1. The van der Waals surface area contributed by atoms with Crippen LogP contribution in [0.4, 0.5) is 0 Å². The van der Waals surface area contributed by atoms with Crippen molar-refractivity contribution >= 4 is 16.9 Å². The van der Waals surface area contributed by atoms with Crippen LogP contribution in [-0.2, 0) is 12.8 Å². The molecule has 0 radical (unpaired) electrons. The van der Waals surface area contributed by atoms with Crippen LogP contribution in [0, 0.1) is 0 Å². The number of nitrogens with one attached hydrogen (secondary N) is 2. The van der Waals surface area contributed by atoms with Gasteiger partial charge in [0, 0.05) is 24.9 Å². The van der Waals surface area contributed by atoms with E-state index in [1.165, 1.54) is 0 Å². The first-order chi connectivity index (χ1) is 11.3. The highest BCUT2D eigenvalue weighted by Gasteiger charge is 2.14. The van der Waals surface area contributed by atoms with E-state index in [4.69, 9.17) is 4.74 Å². The maximum atomic E-state index is 12.2. The zero-order chi connectivity index (χ0) is 15.6. The molecule has 0 bridgehead atoms. The molecule has 0 atom stereocenters. The fourth-order valence-electron chi connectivity index (χ4n) is 2.85. The summed E-state index contributed by atoms with van der Waals surface area (Å²) >= 11 is 0. The Morgan fingerprint density at radius 3 is 3.09 bits per heavy atom. The number of hydrogen-bond donors (Lipinski definition) is 2. The van der Waals surface area contributed by atoms with Crippen molar-refractivity contribution in [3.8, 4) is 5.75 Å². The quantitative estimate of drug-likeness (QED) is 0.778. The van der Waals surface area contributed by atoms with Crippen molar-refractivity contribution in [2.75, 3.05) is 13.2 Å². The number of H-pyrrole nitrogens is 1. The van der Waals surface area contributed by atoms with Gasteiger partial charge in [0.2, 0.25) is 0 Å². The SMILES string of the molecule is O=C(NCCc1nc2ccccc2[nH]1)c1ccc2c(c1)CCO2. The lowest BCUT2D eigenvalue weighted by molar-refractivity contribution is 0.0954. The molecule has 0 saturated carbocycles. The van der Waals surface area contributed by atoms with Crippen LogP contribution in [0.25, 0.3) is 11.0 Å². The van der Waals surface area contributed by atoms with Crippen LogP contribution in [0.15, 0.2) is 42.5 Å². The average Bonchev–Trinajstić information content (AvgIpc) is 3.19. The van der Waals surface area contributed by atoms with Crippen LogP contribution in [0.2, 0.25) is 0 Å². The summed E-state index contributed by atoms with van der Waals surface area (Å²) in [6.45, 7) is 1.25. The molecule has 0 spiro atoms. The molecule has 2 heterocycles. The third-order valence-electron chi connectivity index (χ3n) is 4.04. The second-order valence-corrected chi connectivity index (χ2v) is 5.63. The van der Waals surface area contributed by atoms with Gasteiger partial charge in [-0.15, -0.1) is 0 Å². The molecule has 1 aromatic heterocycles. The van der Waals surface area contributed by atoms with Crippen molar-refractivity contribution in [1.82, 2.24) is 15.3 Å². The van der Waals surface area contributed by atoms with E-state index in [-0.39, 0.29) is 5.91 Å². The molecule has 3 aromatic rings. The number of carbonyl (C=O) groups excluding carboxylic acids is 1. The molecule has 2 aromatic carbocycles. The van der Waals surface area contributed by atoms with E-state index in [0.29, 0.717) is 25.1 Å². The summed E-state index contributed by atoms with van der Waals surface area (Å²) in [5.41, 5.74) is 3.76. The van der Waals surface area contributed by atoms with Crippen LogP contribution in [0.5, 0.6) is 5.75 Å². The van der Waals surface area contributed by atoms with Gasteiger partial charge in [0.1, 0.15) is 11.6 Å². The summed E-state index contributed by atoms with van der Waals surface area (Å²) in [7, 11) is 0. The van der Waals surface area contributed by atoms with Crippen LogP contribution >= 0.6 is 0 Å². The van der Waals surface area contributed by atoms with Crippen LogP contribution in [-0.4, -0.2) is 29.0 Å². The predicted octanol–water partition coefficient (Wildman–Crippen LogP) is 2.47. The summed E-state index contributed by atoms with van der Waals surface area (Å²) in [5.74, 6) is 1.72. The summed E-state index contributed by atoms with van der Waals surface area (Å²) in [6, 6.07) is 13.5. The third-order valence-corrected chi connectivity index (χ3v) is 4.04. The first kappa shape index (κ1) is 13.8. The van der Waals surface area contributed by atoms with Crippen molar-refractivity contribution in [3.63, 3.8) is 0 Å². The number of fused-ring (bicyclic) bond motifs is 2. The van der Waals surface area contributed by atoms with E-state index in [9.17, 15) is 4.79 Å². The third kappa shape index (κ3) is 2.77. The largest absolute Gasteiger partial charge is 0.493 e. The molecule has 1 amide bonds. The Hall–Kier alpha value is -2.82. The van der Waals surface area contributed by atoms with Gasteiger partial charge in [-0.3, -0.25) is 4.79 Å². The summed E-state index contributed by atoms with van der Waals surface area (Å²) < 4.78 is 5.46. The van der Waals surface area contributed by atoms with Gasteiger partial charge in [0.05, 0.1) is 17.6 Å². The van der Waals surface area contributed by atoms with Crippen molar-refractivity contribution in [1.29, 1.82) is 0 Å². The van der Waals surface area contributed by atoms with Crippen molar-refractivity contribution in [2.24, 2.45) is 0 Å². The number of nitrogens with zero attached hydrogens (tertiary/aromatic N) is 1. The predicted molar refractivity (Wildman–Crippen MR) is 87.8 cm³/mol. The number of carbonyl (C=O) groups is 1. The minimum atomic E-state index is -0.0594. The van der Waals surface area contributed by atoms with Gasteiger partial charge in [-0.05, 0) is 35.9 Å². The van der Waals surface area contributed by atoms with Crippen molar-refractivity contribution in [3.05, 3.63) is 59.4 Å². The van der Waals surface area contributed by atoms with E-state index >= 15 is 0 Å². The second kappa shape index (κ2) is 5.76. The molecule has 116 valence electrons. The van der Waals surface area contributed by atoms with Gasteiger partial charge < -0.3 is 15.0 Å². The summed E-state index contributed by atoms with van der Waals surface area (Å²) in [4.78, 5) is 20.0. The molecule has 2 N–H and O–H groups in total. The molecule has 4 rings (SSSR count). The molecular weight excluding hydrogens is 290 g/mol. The van der Waals surface area contributed by atoms with Crippen LogP contribution in [0.1, 0.15) is 21.7 Å². The lowest BCUT2D eigenvalue weighted by Gasteiger charge is -2.05. The molecule has 5 heteroatoms. The Balaban J connectivity index is 1.38. The molecule has 0 saturated heterocycles. The van der Waals surface area contributed by atoms with Gasteiger partial charge in [-0.1, -0.05) is 12.1 Å². The molecule has 23 heavy (non-hydrogen) atoms. The molecular formula is C18H17N3O2. The van der Waals surface area contributed by atoms with Crippen LogP contribution < -0.4 is 10.1 Å². The van der Waals surface area contributed by atoms with E-state index in [1.807, 2.05) is 36.4 Å². The zero-order valence-electron chi connectivity index (χ0n) is 12.6. The zero-order valence-corrected chi connectivity index (χ0v) is 12.6. The number of aromatic amines is 1. The lowest BCUT2D eigenvalue weighted by atomic mass is 10.1. The Bertz CT molecular complexity index is 837. The molecule has 0 fully saturated rings. The smallest absolute Gasteiger partial charge is 0.251 e. The van der Waals surface area contributed by atoms with Gasteiger partial charge in [-0.2, -0.15) is 0 Å². The highest BCUT2D eigenvalue weighted by atomic mass is 16.5. The number of amides is 1. The Kier molecular flexibility index (Phi) is 3.46. The number of benzene rings is 2. The fraction of sp³-hybridized carbons (Fsp3) is 0.222. The molecule has 0 aliphatic carbocycles. The van der Waals surface area contributed by atoms with Gasteiger partial charge >= 0.3 is 0 Å². The first-order valence-electron chi connectivity index (χ1n) is 7.77. The van der Waals surface area contributed by atoms with Gasteiger partial charge in [0.25, 0.3) is 5.91 Å². The topological polar surface area (TPSA) is 67.0 Å². The van der Waals surface area contributed by atoms with Gasteiger partial charge in [0.15, 0.2) is 0 Å². The number of aromatic nitrogens is 2. The Labute approximate surface area is 133 Å². The average molecular weight is 307 g/mol. The molecule has 1 aliphatic rings. The number of rotatable bonds is 4. The van der Waals surface area contributed by atoms with E-state index in [0.717, 1.165) is 34.6 Å². The number of para-hydroxylation sites is 2. The first-order valence-corrected chi connectivity index (χ1v) is 7.77. The van der Waals surface area contributed by atoms with Crippen LogP contribution in [0.3, 0.4) is 0 Å². The maximum absolute atomic E-state index is 12.2. The lowest BCUT2D eigenvalue weighted by Crippen LogP contribution is -2.26. The number of imidazole rings is 1. The van der Waals surface area contributed by atoms with Crippen molar-refractivity contribution < 1.29 is 9.53 Å². The summed E-state index contributed by atoms with van der Waals surface area (Å²) in [5, 5.41) is 2.94. The minimum Gasteiger partial charge on any atom is -0.493 e. The maximum Gasteiger partial charge on any atom is 0.251 e. The second-order valence-electron chi connectivity index (χ2n) is 5.63. The Morgan fingerprint density at radius 2 is 2.17 bits per heavy atom. The van der Waals surface area contributed by atoms with Gasteiger partial charge in [-0.25, -0.2) is 4.98 Å². The van der Waals surface area contributed by atoms with E-state index < -0.39 is 0 Å². The van der Waals surface area contributed by atoms with Crippen molar-refractivity contribution in [2.45, 2.75) is 12.8 Å².